The van der Waals surface area contributed by atoms with Crippen LogP contribution in [0.4, 0.5) is 5.69 Å². The first-order valence-electron chi connectivity index (χ1n) is 8.56. The Morgan fingerprint density at radius 2 is 1.89 bits per heavy atom. The van der Waals surface area contributed by atoms with Gasteiger partial charge in [0.05, 0.1) is 12.8 Å². The van der Waals surface area contributed by atoms with Gasteiger partial charge >= 0.3 is 0 Å². The van der Waals surface area contributed by atoms with Crippen molar-refractivity contribution in [3.63, 3.8) is 0 Å². The van der Waals surface area contributed by atoms with Gasteiger partial charge in [-0.1, -0.05) is 18.2 Å². The fraction of sp³-hybridized carbons (Fsp3) is 0.190. The molecule has 6 nitrogen and oxygen atoms in total. The van der Waals surface area contributed by atoms with Crippen LogP contribution in [0.3, 0.4) is 0 Å². The van der Waals surface area contributed by atoms with Gasteiger partial charge in [0.25, 0.3) is 5.56 Å². The Balaban J connectivity index is 1.80. The first kappa shape index (κ1) is 18.4. The molecule has 1 heterocycles. The van der Waals surface area contributed by atoms with Crippen molar-refractivity contribution in [2.24, 2.45) is 0 Å². The maximum Gasteiger partial charge on any atom is 0.267 e. The van der Waals surface area contributed by atoms with E-state index in [-0.39, 0.29) is 18.0 Å². The largest absolute Gasteiger partial charge is 0.497 e. The van der Waals surface area contributed by atoms with Gasteiger partial charge in [-0.15, -0.1) is 0 Å². The summed E-state index contributed by atoms with van der Waals surface area (Å²) < 4.78 is 6.30. The number of amides is 1. The van der Waals surface area contributed by atoms with E-state index in [4.69, 9.17) is 4.74 Å². The van der Waals surface area contributed by atoms with Crippen LogP contribution in [0.25, 0.3) is 11.3 Å². The summed E-state index contributed by atoms with van der Waals surface area (Å²) in [7, 11) is 1.56. The third kappa shape index (κ3) is 4.41. The minimum Gasteiger partial charge on any atom is -0.497 e. The molecule has 0 unspecified atom stereocenters. The number of hydrogen-bond donors (Lipinski definition) is 1. The van der Waals surface area contributed by atoms with E-state index in [1.807, 2.05) is 32.0 Å². The number of nitrogens with zero attached hydrogens (tertiary/aromatic N) is 2. The van der Waals surface area contributed by atoms with Gasteiger partial charge in [0.1, 0.15) is 12.3 Å². The highest BCUT2D eigenvalue weighted by molar-refractivity contribution is 5.90. The van der Waals surface area contributed by atoms with Crippen LogP contribution in [-0.4, -0.2) is 22.8 Å². The van der Waals surface area contributed by atoms with E-state index in [1.165, 1.54) is 16.3 Å². The molecule has 0 aliphatic rings. The van der Waals surface area contributed by atoms with E-state index in [1.54, 1.807) is 37.4 Å². The van der Waals surface area contributed by atoms with Crippen molar-refractivity contribution in [2.75, 3.05) is 12.4 Å². The van der Waals surface area contributed by atoms with E-state index >= 15 is 0 Å². The third-order valence-corrected chi connectivity index (χ3v) is 4.32. The zero-order chi connectivity index (χ0) is 19.4. The summed E-state index contributed by atoms with van der Waals surface area (Å²) >= 11 is 0. The molecule has 0 saturated heterocycles. The molecule has 0 atom stereocenters. The molecule has 27 heavy (non-hydrogen) atoms. The molecule has 138 valence electrons. The molecule has 0 bridgehead atoms. The van der Waals surface area contributed by atoms with Gasteiger partial charge in [0, 0.05) is 23.4 Å². The summed E-state index contributed by atoms with van der Waals surface area (Å²) in [5.41, 5.74) is 4.14. The minimum absolute atomic E-state index is 0.172. The highest BCUT2D eigenvalue weighted by atomic mass is 16.5. The van der Waals surface area contributed by atoms with Crippen molar-refractivity contribution in [1.82, 2.24) is 9.78 Å². The molecule has 2 aromatic carbocycles. The van der Waals surface area contributed by atoms with Crippen LogP contribution < -0.4 is 15.6 Å². The fourth-order valence-corrected chi connectivity index (χ4v) is 2.65. The molecule has 0 saturated carbocycles. The Kier molecular flexibility index (Phi) is 5.35. The average Bonchev–Trinajstić information content (AvgIpc) is 2.66. The van der Waals surface area contributed by atoms with Crippen molar-refractivity contribution >= 4 is 11.6 Å². The number of methoxy groups -OCH3 is 1. The Morgan fingerprint density at radius 1 is 1.07 bits per heavy atom. The molecule has 0 aliphatic carbocycles. The normalized spacial score (nSPS) is 10.5. The second-order valence-electron chi connectivity index (χ2n) is 6.29. The summed E-state index contributed by atoms with van der Waals surface area (Å²) in [5.74, 6) is 0.301. The van der Waals surface area contributed by atoms with Crippen molar-refractivity contribution < 1.29 is 9.53 Å². The number of aromatic nitrogens is 2. The van der Waals surface area contributed by atoms with E-state index in [0.29, 0.717) is 17.1 Å². The lowest BCUT2D eigenvalue weighted by atomic mass is 10.0. The second-order valence-corrected chi connectivity index (χ2v) is 6.29. The van der Waals surface area contributed by atoms with Crippen molar-refractivity contribution in [1.29, 1.82) is 0 Å². The van der Waals surface area contributed by atoms with Gasteiger partial charge in [-0.05, 0) is 49.2 Å². The Morgan fingerprint density at radius 3 is 2.63 bits per heavy atom. The van der Waals surface area contributed by atoms with Crippen LogP contribution in [-0.2, 0) is 11.3 Å². The van der Waals surface area contributed by atoms with Crippen LogP contribution in [0, 0.1) is 13.8 Å². The lowest BCUT2D eigenvalue weighted by Gasteiger charge is -2.10. The van der Waals surface area contributed by atoms with Crippen molar-refractivity contribution in [3.05, 3.63) is 76.1 Å². The number of carbonyl (C=O) groups excluding carboxylic acids is 1. The predicted octanol–water partition coefficient (Wildman–Crippen LogP) is 3.17. The lowest BCUT2D eigenvalue weighted by Crippen LogP contribution is -2.29. The average molecular weight is 363 g/mol. The highest BCUT2D eigenvalue weighted by Crippen LogP contribution is 2.19. The van der Waals surface area contributed by atoms with Crippen LogP contribution in [0.5, 0.6) is 5.75 Å². The Hall–Kier alpha value is -3.41. The van der Waals surface area contributed by atoms with E-state index < -0.39 is 0 Å². The van der Waals surface area contributed by atoms with E-state index in [0.717, 1.165) is 11.1 Å². The SMILES string of the molecule is COc1cccc(NC(=O)Cn2nc(-c3ccc(C)c(C)c3)ccc2=O)c1. The number of hydrogen-bond acceptors (Lipinski definition) is 4. The zero-order valence-corrected chi connectivity index (χ0v) is 15.5. The summed E-state index contributed by atoms with van der Waals surface area (Å²) in [6.45, 7) is 3.89. The lowest BCUT2D eigenvalue weighted by molar-refractivity contribution is -0.117. The molecule has 6 heteroatoms. The molecule has 3 aromatic rings. The number of rotatable bonds is 5. The van der Waals surface area contributed by atoms with Crippen molar-refractivity contribution in [3.8, 4) is 17.0 Å². The van der Waals surface area contributed by atoms with Gasteiger partial charge in [-0.3, -0.25) is 9.59 Å². The fourth-order valence-electron chi connectivity index (χ4n) is 2.65. The molecular formula is C21H21N3O3. The Bertz CT molecular complexity index is 1040. The maximum atomic E-state index is 12.3. The van der Waals surface area contributed by atoms with Crippen LogP contribution in [0.15, 0.2) is 59.4 Å². The van der Waals surface area contributed by atoms with Crippen LogP contribution in [0.1, 0.15) is 11.1 Å². The molecule has 1 N–H and O–H groups in total. The van der Waals surface area contributed by atoms with E-state index in [2.05, 4.69) is 10.4 Å². The molecule has 0 radical (unpaired) electrons. The minimum atomic E-state index is -0.338. The van der Waals surface area contributed by atoms with Gasteiger partial charge in [0.2, 0.25) is 5.91 Å². The molecule has 0 spiro atoms. The molecule has 0 aliphatic heterocycles. The second kappa shape index (κ2) is 7.86. The first-order chi connectivity index (χ1) is 13.0. The Labute approximate surface area is 157 Å². The predicted molar refractivity (Wildman–Crippen MR) is 105 cm³/mol. The standard InChI is InChI=1S/C21H21N3O3/c1-14-7-8-16(11-15(14)2)19-9-10-21(26)24(23-19)13-20(25)22-17-5-4-6-18(12-17)27-3/h4-12H,13H2,1-3H3,(H,22,25). The number of carbonyl (C=O) groups is 1. The third-order valence-electron chi connectivity index (χ3n) is 4.32. The highest BCUT2D eigenvalue weighted by Gasteiger charge is 2.09. The summed E-state index contributed by atoms with van der Waals surface area (Å²) in [4.78, 5) is 24.4. The van der Waals surface area contributed by atoms with Gasteiger partial charge in [0.15, 0.2) is 0 Å². The molecule has 3 rings (SSSR count). The summed E-state index contributed by atoms with van der Waals surface area (Å²) in [6, 6.07) is 16.1. The number of anilines is 1. The zero-order valence-electron chi connectivity index (χ0n) is 15.5. The summed E-state index contributed by atoms with van der Waals surface area (Å²) in [6.07, 6.45) is 0. The molecular weight excluding hydrogens is 342 g/mol. The molecule has 0 fully saturated rings. The number of ether oxygens (including phenoxy) is 1. The number of benzene rings is 2. The van der Waals surface area contributed by atoms with Crippen molar-refractivity contribution in [2.45, 2.75) is 20.4 Å². The van der Waals surface area contributed by atoms with E-state index in [9.17, 15) is 9.59 Å². The topological polar surface area (TPSA) is 73.2 Å². The summed E-state index contributed by atoms with van der Waals surface area (Å²) in [5, 5.41) is 7.10. The maximum absolute atomic E-state index is 12.3. The van der Waals surface area contributed by atoms with Crippen LogP contribution >= 0.6 is 0 Å². The smallest absolute Gasteiger partial charge is 0.267 e. The monoisotopic (exact) mass is 363 g/mol. The first-order valence-corrected chi connectivity index (χ1v) is 8.56. The van der Waals surface area contributed by atoms with Crippen LogP contribution in [0.2, 0.25) is 0 Å². The quantitative estimate of drug-likeness (QED) is 0.756. The number of nitrogens with one attached hydrogen (secondary N) is 1. The van der Waals surface area contributed by atoms with Gasteiger partial charge < -0.3 is 10.1 Å². The molecule has 1 aromatic heterocycles. The number of aryl methyl sites for hydroxylation is 2. The van der Waals surface area contributed by atoms with Gasteiger partial charge in [-0.2, -0.15) is 5.10 Å². The molecule has 1 amide bonds. The van der Waals surface area contributed by atoms with Gasteiger partial charge in [-0.25, -0.2) is 4.68 Å².